The number of aliphatic imine (C=N–C) groups is 1. The van der Waals surface area contributed by atoms with Crippen LogP contribution in [0.15, 0.2) is 34.8 Å². The van der Waals surface area contributed by atoms with Gasteiger partial charge in [0, 0.05) is 26.7 Å². The Hall–Kier alpha value is -2.21. The Morgan fingerprint density at radius 1 is 1.19 bits per heavy atom. The molecule has 0 saturated carbocycles. The summed E-state index contributed by atoms with van der Waals surface area (Å²) in [6.45, 7) is 7.29. The topological polar surface area (TPSA) is 55.3 Å². The molecule has 0 fully saturated rings. The van der Waals surface area contributed by atoms with Crippen LogP contribution in [0, 0.1) is 0 Å². The molecule has 0 aromatic heterocycles. The zero-order chi connectivity index (χ0) is 18.2. The lowest BCUT2D eigenvalue weighted by molar-refractivity contribution is 0.153. The fourth-order valence-corrected chi connectivity index (χ4v) is 3.10. The monoisotopic (exact) mass is 359 g/mol. The lowest BCUT2D eigenvalue weighted by atomic mass is 10.1. The molecule has 0 atom stereocenters. The summed E-state index contributed by atoms with van der Waals surface area (Å²) in [6.07, 6.45) is 4.21. The smallest absolute Gasteiger partial charge is 0.193 e. The van der Waals surface area contributed by atoms with Crippen molar-refractivity contribution in [2.45, 2.75) is 26.3 Å². The van der Waals surface area contributed by atoms with Gasteiger partial charge in [-0.25, -0.2) is 0 Å². The molecule has 1 aromatic carbocycles. The largest absolute Gasteiger partial charge is 0.486 e. The molecule has 2 aliphatic rings. The molecule has 6 heteroatoms. The second kappa shape index (κ2) is 9.48. The van der Waals surface area contributed by atoms with Crippen molar-refractivity contribution < 1.29 is 14.2 Å². The lowest BCUT2D eigenvalue weighted by Gasteiger charge is -2.24. The van der Waals surface area contributed by atoms with Crippen molar-refractivity contribution in [2.24, 2.45) is 4.99 Å². The van der Waals surface area contributed by atoms with Crippen molar-refractivity contribution in [3.8, 4) is 11.5 Å². The Bertz CT molecular complexity index is 658. The van der Waals surface area contributed by atoms with Crippen molar-refractivity contribution in [1.82, 2.24) is 10.2 Å². The average molecular weight is 359 g/mol. The summed E-state index contributed by atoms with van der Waals surface area (Å²) in [6, 6.07) is 6.13. The molecule has 1 N–H and O–H groups in total. The molecule has 2 aliphatic heterocycles. The standard InChI is InChI=1S/C20H29N3O3/c1-3-21-20(22-9-6-16-7-10-24-11-8-16)23(2)15-17-4-5-18-19(14-17)26-13-12-25-18/h4-5,7,14H,3,6,8-13,15H2,1-2H3,(H,21,22). The van der Waals surface area contributed by atoms with E-state index in [2.05, 4.69) is 42.4 Å². The Morgan fingerprint density at radius 3 is 2.81 bits per heavy atom. The number of ether oxygens (including phenoxy) is 3. The van der Waals surface area contributed by atoms with Crippen LogP contribution in [-0.2, 0) is 11.3 Å². The van der Waals surface area contributed by atoms with Gasteiger partial charge in [-0.15, -0.1) is 0 Å². The third-order valence-electron chi connectivity index (χ3n) is 4.47. The summed E-state index contributed by atoms with van der Waals surface area (Å²) in [4.78, 5) is 6.93. The molecular weight excluding hydrogens is 330 g/mol. The number of hydrogen-bond acceptors (Lipinski definition) is 4. The van der Waals surface area contributed by atoms with Crippen molar-refractivity contribution >= 4 is 5.96 Å². The third-order valence-corrected chi connectivity index (χ3v) is 4.47. The van der Waals surface area contributed by atoms with E-state index in [0.717, 1.165) is 63.1 Å². The Balaban J connectivity index is 1.59. The SMILES string of the molecule is CCNC(=NCCC1=CCOCC1)N(C)Cc1ccc2c(c1)OCCO2. The molecule has 1 aromatic rings. The lowest BCUT2D eigenvalue weighted by Crippen LogP contribution is -2.38. The summed E-state index contributed by atoms with van der Waals surface area (Å²) in [5.74, 6) is 2.58. The second-order valence-corrected chi connectivity index (χ2v) is 6.51. The highest BCUT2D eigenvalue weighted by atomic mass is 16.6. The van der Waals surface area contributed by atoms with Crippen LogP contribution in [0.5, 0.6) is 11.5 Å². The Morgan fingerprint density at radius 2 is 2.04 bits per heavy atom. The summed E-state index contributed by atoms with van der Waals surface area (Å²) in [7, 11) is 2.06. The zero-order valence-corrected chi connectivity index (χ0v) is 15.8. The van der Waals surface area contributed by atoms with E-state index in [1.54, 1.807) is 0 Å². The van der Waals surface area contributed by atoms with Gasteiger partial charge in [0.1, 0.15) is 13.2 Å². The van der Waals surface area contributed by atoms with Crippen molar-refractivity contribution in [2.75, 3.05) is 46.6 Å². The van der Waals surface area contributed by atoms with Gasteiger partial charge in [-0.3, -0.25) is 4.99 Å². The Kier molecular flexibility index (Phi) is 6.77. The van der Waals surface area contributed by atoms with E-state index in [1.165, 1.54) is 11.1 Å². The molecule has 0 saturated heterocycles. The van der Waals surface area contributed by atoms with Crippen molar-refractivity contribution in [3.05, 3.63) is 35.4 Å². The quantitative estimate of drug-likeness (QED) is 0.481. The number of guanidine groups is 1. The minimum Gasteiger partial charge on any atom is -0.486 e. The highest BCUT2D eigenvalue weighted by molar-refractivity contribution is 5.79. The first kappa shape index (κ1) is 18.6. The van der Waals surface area contributed by atoms with Gasteiger partial charge in [0.2, 0.25) is 0 Å². The van der Waals surface area contributed by atoms with Crippen LogP contribution in [-0.4, -0.2) is 57.4 Å². The first-order valence-electron chi connectivity index (χ1n) is 9.40. The predicted octanol–water partition coefficient (Wildman–Crippen LogP) is 2.59. The predicted molar refractivity (Wildman–Crippen MR) is 103 cm³/mol. The zero-order valence-electron chi connectivity index (χ0n) is 15.8. The van der Waals surface area contributed by atoms with E-state index in [-0.39, 0.29) is 0 Å². The number of nitrogens with zero attached hydrogens (tertiary/aromatic N) is 2. The molecule has 142 valence electrons. The highest BCUT2D eigenvalue weighted by Gasteiger charge is 2.13. The molecule has 0 radical (unpaired) electrons. The van der Waals surface area contributed by atoms with Crippen LogP contribution in [0.2, 0.25) is 0 Å². The molecule has 2 heterocycles. The number of fused-ring (bicyclic) bond motifs is 1. The minimum atomic E-state index is 0.608. The van der Waals surface area contributed by atoms with Crippen molar-refractivity contribution in [3.63, 3.8) is 0 Å². The van der Waals surface area contributed by atoms with Crippen LogP contribution in [0.4, 0.5) is 0 Å². The summed E-state index contributed by atoms with van der Waals surface area (Å²) in [5, 5.41) is 3.38. The van der Waals surface area contributed by atoms with Gasteiger partial charge >= 0.3 is 0 Å². The van der Waals surface area contributed by atoms with Crippen LogP contribution in [0.25, 0.3) is 0 Å². The molecule has 0 aliphatic carbocycles. The number of nitrogens with one attached hydrogen (secondary N) is 1. The first-order chi connectivity index (χ1) is 12.8. The van der Waals surface area contributed by atoms with Crippen LogP contribution in [0.3, 0.4) is 0 Å². The molecule has 3 rings (SSSR count). The van der Waals surface area contributed by atoms with Crippen LogP contribution < -0.4 is 14.8 Å². The van der Waals surface area contributed by atoms with Gasteiger partial charge in [0.15, 0.2) is 17.5 Å². The maximum Gasteiger partial charge on any atom is 0.193 e. The number of rotatable bonds is 6. The van der Waals surface area contributed by atoms with Gasteiger partial charge in [-0.2, -0.15) is 0 Å². The van der Waals surface area contributed by atoms with E-state index < -0.39 is 0 Å². The molecule has 6 nitrogen and oxygen atoms in total. The second-order valence-electron chi connectivity index (χ2n) is 6.51. The molecule has 0 unspecified atom stereocenters. The van der Waals surface area contributed by atoms with Gasteiger partial charge in [0.05, 0.1) is 13.2 Å². The van der Waals surface area contributed by atoms with Gasteiger partial charge in [0.25, 0.3) is 0 Å². The van der Waals surface area contributed by atoms with Crippen LogP contribution in [0.1, 0.15) is 25.3 Å². The molecule has 0 spiro atoms. The summed E-state index contributed by atoms with van der Waals surface area (Å²) >= 11 is 0. The van der Waals surface area contributed by atoms with E-state index in [1.807, 2.05) is 6.07 Å². The maximum atomic E-state index is 5.68. The molecule has 26 heavy (non-hydrogen) atoms. The number of hydrogen-bond donors (Lipinski definition) is 1. The van der Waals surface area contributed by atoms with E-state index in [4.69, 9.17) is 19.2 Å². The average Bonchev–Trinajstić information content (AvgIpc) is 2.68. The number of benzene rings is 1. The first-order valence-corrected chi connectivity index (χ1v) is 9.40. The summed E-state index contributed by atoms with van der Waals surface area (Å²) < 4.78 is 16.6. The maximum absolute atomic E-state index is 5.68. The van der Waals surface area contributed by atoms with E-state index in [0.29, 0.717) is 13.2 Å². The molecule has 0 amide bonds. The van der Waals surface area contributed by atoms with E-state index >= 15 is 0 Å². The van der Waals surface area contributed by atoms with Gasteiger partial charge < -0.3 is 24.4 Å². The minimum absolute atomic E-state index is 0.608. The molecule has 0 bridgehead atoms. The molecular formula is C20H29N3O3. The fraction of sp³-hybridized carbons (Fsp3) is 0.550. The van der Waals surface area contributed by atoms with Crippen molar-refractivity contribution in [1.29, 1.82) is 0 Å². The summed E-state index contributed by atoms with van der Waals surface area (Å²) in [5.41, 5.74) is 2.62. The van der Waals surface area contributed by atoms with Gasteiger partial charge in [-0.05, 0) is 37.5 Å². The normalized spacial score (nSPS) is 16.8. The van der Waals surface area contributed by atoms with E-state index in [9.17, 15) is 0 Å². The third kappa shape index (κ3) is 5.14. The van der Waals surface area contributed by atoms with Crippen LogP contribution >= 0.6 is 0 Å². The highest BCUT2D eigenvalue weighted by Crippen LogP contribution is 2.31. The van der Waals surface area contributed by atoms with Gasteiger partial charge in [-0.1, -0.05) is 17.7 Å². The fourth-order valence-electron chi connectivity index (χ4n) is 3.10. The Labute approximate surface area is 155 Å².